The van der Waals surface area contributed by atoms with Crippen LogP contribution in [-0.2, 0) is 9.84 Å². The first-order chi connectivity index (χ1) is 8.11. The molecule has 0 N–H and O–H groups in total. The summed E-state index contributed by atoms with van der Waals surface area (Å²) in [6.45, 7) is 1.62. The van der Waals surface area contributed by atoms with Crippen molar-refractivity contribution in [1.29, 1.82) is 0 Å². The summed E-state index contributed by atoms with van der Waals surface area (Å²) in [6.07, 6.45) is 1.53. The maximum Gasteiger partial charge on any atom is 0.171 e. The Morgan fingerprint density at radius 3 is 2.71 bits per heavy atom. The molecule has 1 aromatic heterocycles. The molecule has 4 heteroatoms. The Kier molecular flexibility index (Phi) is 3.24. The highest BCUT2D eigenvalue weighted by molar-refractivity contribution is 7.94. The molecule has 0 aliphatic heterocycles. The van der Waals surface area contributed by atoms with Gasteiger partial charge in [0, 0.05) is 10.8 Å². The lowest BCUT2D eigenvalue weighted by atomic mass is 10.2. The summed E-state index contributed by atoms with van der Waals surface area (Å²) in [5, 5.41) is 2.26. The lowest BCUT2D eigenvalue weighted by Crippen LogP contribution is -1.96. The zero-order valence-electron chi connectivity index (χ0n) is 9.50. The summed E-state index contributed by atoms with van der Waals surface area (Å²) < 4.78 is 22.6. The molecule has 1 heterocycles. The number of rotatable bonds is 3. The predicted molar refractivity (Wildman–Crippen MR) is 70.2 cm³/mol. The van der Waals surface area contributed by atoms with Crippen LogP contribution in [0.3, 0.4) is 0 Å². The monoisotopic (exact) mass is 247 g/mol. The third-order valence-corrected chi connectivity index (χ3v) is 3.82. The third kappa shape index (κ3) is 2.91. The van der Waals surface area contributed by atoms with Gasteiger partial charge in [-0.25, -0.2) is 13.4 Å². The molecule has 0 aliphatic carbocycles. The van der Waals surface area contributed by atoms with Gasteiger partial charge < -0.3 is 0 Å². The van der Waals surface area contributed by atoms with Crippen molar-refractivity contribution in [1.82, 2.24) is 4.98 Å². The van der Waals surface area contributed by atoms with Crippen LogP contribution < -0.4 is 0 Å². The Labute approximate surface area is 101 Å². The number of nitrogens with zero attached hydrogens (tertiary/aromatic N) is 1. The van der Waals surface area contributed by atoms with Crippen LogP contribution in [0.4, 0.5) is 0 Å². The van der Waals surface area contributed by atoms with Gasteiger partial charge in [-0.2, -0.15) is 0 Å². The fourth-order valence-corrected chi connectivity index (χ4v) is 1.98. The Morgan fingerprint density at radius 2 is 1.94 bits per heavy atom. The molecule has 2 aromatic rings. The van der Waals surface area contributed by atoms with Gasteiger partial charge in [-0.3, -0.25) is 0 Å². The lowest BCUT2D eigenvalue weighted by molar-refractivity contribution is 0.606. The number of para-hydroxylation sites is 1. The summed E-state index contributed by atoms with van der Waals surface area (Å²) in [5.41, 5.74) is 1.52. The second kappa shape index (κ2) is 4.67. The van der Waals surface area contributed by atoms with Gasteiger partial charge in [0.1, 0.15) is 0 Å². The standard InChI is InChI=1S/C13H13NO2S/c1-2-17(15,16)10-9-12-8-7-11-5-3-4-6-13(11)14-12/h3-10H,2H2,1H3/b10-9+. The van der Waals surface area contributed by atoms with Crippen molar-refractivity contribution in [2.75, 3.05) is 5.75 Å². The van der Waals surface area contributed by atoms with Crippen molar-refractivity contribution in [3.05, 3.63) is 47.5 Å². The van der Waals surface area contributed by atoms with Gasteiger partial charge >= 0.3 is 0 Å². The highest BCUT2D eigenvalue weighted by atomic mass is 32.2. The summed E-state index contributed by atoms with van der Waals surface area (Å²) in [7, 11) is -3.09. The summed E-state index contributed by atoms with van der Waals surface area (Å²) in [4.78, 5) is 4.36. The zero-order chi connectivity index (χ0) is 12.3. The van der Waals surface area contributed by atoms with E-state index in [1.54, 1.807) is 6.92 Å². The van der Waals surface area contributed by atoms with Crippen molar-refractivity contribution < 1.29 is 8.42 Å². The fraction of sp³-hybridized carbons (Fsp3) is 0.154. The van der Waals surface area contributed by atoms with Gasteiger partial charge in [-0.1, -0.05) is 31.2 Å². The second-order valence-corrected chi connectivity index (χ2v) is 5.86. The predicted octanol–water partition coefficient (Wildman–Crippen LogP) is 2.64. The molecular formula is C13H13NO2S. The highest BCUT2D eigenvalue weighted by Crippen LogP contribution is 2.12. The molecule has 0 saturated heterocycles. The quantitative estimate of drug-likeness (QED) is 0.837. The van der Waals surface area contributed by atoms with E-state index >= 15 is 0 Å². The van der Waals surface area contributed by atoms with E-state index in [0.717, 1.165) is 10.9 Å². The molecule has 0 atom stereocenters. The van der Waals surface area contributed by atoms with Gasteiger partial charge in [0.15, 0.2) is 9.84 Å². The SMILES string of the molecule is CCS(=O)(=O)/C=C/c1ccc2ccccc2n1. The summed E-state index contributed by atoms with van der Waals surface area (Å²) in [5.74, 6) is 0.108. The van der Waals surface area contributed by atoms with Gasteiger partial charge in [-0.05, 0) is 18.2 Å². The maximum atomic E-state index is 11.3. The first-order valence-electron chi connectivity index (χ1n) is 5.37. The Morgan fingerprint density at radius 1 is 1.18 bits per heavy atom. The van der Waals surface area contributed by atoms with Crippen LogP contribution >= 0.6 is 0 Å². The molecule has 17 heavy (non-hydrogen) atoms. The van der Waals surface area contributed by atoms with Crippen molar-refractivity contribution in [3.8, 4) is 0 Å². The van der Waals surface area contributed by atoms with E-state index < -0.39 is 9.84 Å². The Balaban J connectivity index is 2.38. The molecular weight excluding hydrogens is 234 g/mol. The van der Waals surface area contributed by atoms with Crippen LogP contribution in [0.15, 0.2) is 41.8 Å². The molecule has 3 nitrogen and oxygen atoms in total. The molecule has 0 spiro atoms. The molecule has 0 unspecified atom stereocenters. The lowest BCUT2D eigenvalue weighted by Gasteiger charge is -1.98. The van der Waals surface area contributed by atoms with E-state index in [2.05, 4.69) is 4.98 Å². The first kappa shape index (κ1) is 11.8. The molecule has 1 aromatic carbocycles. The van der Waals surface area contributed by atoms with Crippen molar-refractivity contribution in [2.45, 2.75) is 6.92 Å². The van der Waals surface area contributed by atoms with Crippen LogP contribution in [0.2, 0.25) is 0 Å². The van der Waals surface area contributed by atoms with Gasteiger partial charge in [0.25, 0.3) is 0 Å². The smallest absolute Gasteiger partial charge is 0.171 e. The highest BCUT2D eigenvalue weighted by Gasteiger charge is 2.01. The van der Waals surface area contributed by atoms with E-state index in [-0.39, 0.29) is 5.75 Å². The normalized spacial score (nSPS) is 12.3. The Hall–Kier alpha value is -1.68. The minimum atomic E-state index is -3.09. The molecule has 0 aliphatic rings. The van der Waals surface area contributed by atoms with Crippen LogP contribution in [-0.4, -0.2) is 19.2 Å². The minimum Gasteiger partial charge on any atom is -0.248 e. The average molecular weight is 247 g/mol. The topological polar surface area (TPSA) is 47.0 Å². The Bertz CT molecular complexity index is 660. The van der Waals surface area contributed by atoms with Gasteiger partial charge in [0.2, 0.25) is 0 Å². The molecule has 0 bridgehead atoms. The number of hydrogen-bond acceptors (Lipinski definition) is 3. The van der Waals surface area contributed by atoms with Crippen molar-refractivity contribution in [3.63, 3.8) is 0 Å². The van der Waals surface area contributed by atoms with Crippen molar-refractivity contribution in [2.24, 2.45) is 0 Å². The van der Waals surface area contributed by atoms with Crippen LogP contribution in [0, 0.1) is 0 Å². The van der Waals surface area contributed by atoms with Crippen LogP contribution in [0.1, 0.15) is 12.6 Å². The average Bonchev–Trinajstić information content (AvgIpc) is 2.36. The molecule has 0 saturated carbocycles. The van der Waals surface area contributed by atoms with Crippen LogP contribution in [0.5, 0.6) is 0 Å². The number of hydrogen-bond donors (Lipinski definition) is 0. The van der Waals surface area contributed by atoms with Crippen molar-refractivity contribution >= 4 is 26.8 Å². The molecule has 88 valence electrons. The van der Waals surface area contributed by atoms with E-state index in [1.807, 2.05) is 36.4 Å². The van der Waals surface area contributed by atoms with Crippen LogP contribution in [0.25, 0.3) is 17.0 Å². The molecule has 0 amide bonds. The fourth-order valence-electron chi connectivity index (χ4n) is 1.44. The van der Waals surface area contributed by atoms with E-state index in [0.29, 0.717) is 5.69 Å². The molecule has 2 rings (SSSR count). The largest absolute Gasteiger partial charge is 0.248 e. The summed E-state index contributed by atoms with van der Waals surface area (Å²) >= 11 is 0. The number of fused-ring (bicyclic) bond motifs is 1. The summed E-state index contributed by atoms with van der Waals surface area (Å²) in [6, 6.07) is 11.5. The molecule has 0 fully saturated rings. The number of sulfone groups is 1. The molecule has 0 radical (unpaired) electrons. The first-order valence-corrected chi connectivity index (χ1v) is 7.09. The minimum absolute atomic E-state index is 0.108. The third-order valence-electron chi connectivity index (χ3n) is 2.47. The number of pyridine rings is 1. The number of aromatic nitrogens is 1. The van der Waals surface area contributed by atoms with E-state index in [9.17, 15) is 8.42 Å². The van der Waals surface area contributed by atoms with Gasteiger partial charge in [0.05, 0.1) is 17.0 Å². The second-order valence-electron chi connectivity index (χ2n) is 3.68. The van der Waals surface area contributed by atoms with E-state index in [1.165, 1.54) is 11.5 Å². The van der Waals surface area contributed by atoms with E-state index in [4.69, 9.17) is 0 Å². The maximum absolute atomic E-state index is 11.3. The zero-order valence-corrected chi connectivity index (χ0v) is 10.3. The van der Waals surface area contributed by atoms with Gasteiger partial charge in [-0.15, -0.1) is 0 Å². The number of benzene rings is 1.